The number of fused-ring (bicyclic) bond motifs is 1. The van der Waals surface area contributed by atoms with Crippen molar-refractivity contribution in [3.8, 4) is 0 Å². The monoisotopic (exact) mass is 284 g/mol. The minimum absolute atomic E-state index is 0.376. The highest BCUT2D eigenvalue weighted by Gasteiger charge is 2.38. The molecule has 0 aliphatic heterocycles. The van der Waals surface area contributed by atoms with Crippen LogP contribution in [-0.2, 0) is 18.4 Å². The zero-order valence-corrected chi connectivity index (χ0v) is 11.6. The molecular formula is C15H16N4O2. The number of rotatable bonds is 4. The first-order chi connectivity index (χ1) is 10.2. The lowest BCUT2D eigenvalue weighted by atomic mass is 9.77. The van der Waals surface area contributed by atoms with Crippen molar-refractivity contribution in [3.05, 3.63) is 41.9 Å². The van der Waals surface area contributed by atoms with Crippen LogP contribution in [0.4, 0.5) is 0 Å². The topological polar surface area (TPSA) is 91.0 Å². The summed E-state index contributed by atoms with van der Waals surface area (Å²) < 4.78 is 10.9. The van der Waals surface area contributed by atoms with Crippen molar-refractivity contribution >= 4 is 11.1 Å². The SMILES string of the molecule is NC1(c2noc(CCc3nc4ccccc4o3)n2)CCC1. The second-order valence-electron chi connectivity index (χ2n) is 5.60. The first-order valence-corrected chi connectivity index (χ1v) is 7.19. The van der Waals surface area contributed by atoms with Gasteiger partial charge in [0.15, 0.2) is 17.3 Å². The van der Waals surface area contributed by atoms with Crippen molar-refractivity contribution in [1.82, 2.24) is 15.1 Å². The van der Waals surface area contributed by atoms with Gasteiger partial charge in [0.1, 0.15) is 5.52 Å². The molecule has 21 heavy (non-hydrogen) atoms. The van der Waals surface area contributed by atoms with E-state index >= 15 is 0 Å². The number of oxazole rings is 1. The van der Waals surface area contributed by atoms with Crippen LogP contribution in [0, 0.1) is 0 Å². The maximum atomic E-state index is 6.18. The Morgan fingerprint density at radius 2 is 1.90 bits per heavy atom. The minimum Gasteiger partial charge on any atom is -0.441 e. The number of hydrogen-bond acceptors (Lipinski definition) is 6. The molecule has 2 heterocycles. The molecule has 0 radical (unpaired) electrons. The summed E-state index contributed by atoms with van der Waals surface area (Å²) in [5.74, 6) is 1.90. The fourth-order valence-corrected chi connectivity index (χ4v) is 2.58. The molecule has 1 saturated carbocycles. The summed E-state index contributed by atoms with van der Waals surface area (Å²) in [4.78, 5) is 8.83. The standard InChI is InChI=1S/C15H16N4O2/c16-15(8-3-9-15)14-18-13(21-19-14)7-6-12-17-10-4-1-2-5-11(10)20-12/h1-2,4-5H,3,6-9,16H2. The van der Waals surface area contributed by atoms with Crippen LogP contribution in [0.1, 0.15) is 36.9 Å². The molecule has 1 aromatic carbocycles. The van der Waals surface area contributed by atoms with Crippen LogP contribution < -0.4 is 5.73 Å². The van der Waals surface area contributed by atoms with E-state index in [1.54, 1.807) is 0 Å². The zero-order valence-electron chi connectivity index (χ0n) is 11.6. The van der Waals surface area contributed by atoms with E-state index in [1.165, 1.54) is 0 Å². The number of hydrogen-bond donors (Lipinski definition) is 1. The van der Waals surface area contributed by atoms with E-state index in [-0.39, 0.29) is 5.54 Å². The zero-order chi connectivity index (χ0) is 14.3. The summed E-state index contributed by atoms with van der Waals surface area (Å²) in [5.41, 5.74) is 7.47. The van der Waals surface area contributed by atoms with E-state index < -0.39 is 0 Å². The lowest BCUT2D eigenvalue weighted by Crippen LogP contribution is -2.44. The number of aromatic nitrogens is 3. The van der Waals surface area contributed by atoms with Crippen LogP contribution in [0.5, 0.6) is 0 Å². The lowest BCUT2D eigenvalue weighted by molar-refractivity contribution is 0.229. The Bertz CT molecular complexity index is 740. The van der Waals surface area contributed by atoms with E-state index in [1.807, 2.05) is 24.3 Å². The molecule has 6 heteroatoms. The molecule has 0 bridgehead atoms. The molecule has 0 amide bonds. The van der Waals surface area contributed by atoms with Crippen LogP contribution in [0.3, 0.4) is 0 Å². The number of aryl methyl sites for hydroxylation is 2. The molecule has 2 aromatic heterocycles. The fraction of sp³-hybridized carbons (Fsp3) is 0.400. The average Bonchev–Trinajstić information content (AvgIpc) is 3.09. The Morgan fingerprint density at radius 1 is 1.10 bits per heavy atom. The van der Waals surface area contributed by atoms with Crippen LogP contribution >= 0.6 is 0 Å². The average molecular weight is 284 g/mol. The van der Waals surface area contributed by atoms with E-state index in [0.29, 0.717) is 30.4 Å². The smallest absolute Gasteiger partial charge is 0.227 e. The van der Waals surface area contributed by atoms with Gasteiger partial charge in [0, 0.05) is 12.8 Å². The minimum atomic E-state index is -0.376. The van der Waals surface area contributed by atoms with Gasteiger partial charge in [-0.1, -0.05) is 17.3 Å². The van der Waals surface area contributed by atoms with Gasteiger partial charge in [-0.25, -0.2) is 4.98 Å². The molecule has 6 nitrogen and oxygen atoms in total. The predicted molar refractivity (Wildman–Crippen MR) is 75.4 cm³/mol. The number of benzene rings is 1. The second-order valence-corrected chi connectivity index (χ2v) is 5.60. The van der Waals surface area contributed by atoms with Crippen LogP contribution in [0.2, 0.25) is 0 Å². The van der Waals surface area contributed by atoms with Gasteiger partial charge in [-0.15, -0.1) is 0 Å². The highest BCUT2D eigenvalue weighted by molar-refractivity contribution is 5.72. The Morgan fingerprint density at radius 3 is 2.67 bits per heavy atom. The summed E-state index contributed by atoms with van der Waals surface area (Å²) in [6.07, 6.45) is 4.22. The lowest BCUT2D eigenvalue weighted by Gasteiger charge is -2.34. The first-order valence-electron chi connectivity index (χ1n) is 7.19. The maximum absolute atomic E-state index is 6.18. The molecule has 3 aromatic rings. The van der Waals surface area contributed by atoms with Gasteiger partial charge in [0.05, 0.1) is 5.54 Å². The van der Waals surface area contributed by atoms with E-state index in [0.717, 1.165) is 30.4 Å². The third kappa shape index (κ3) is 2.21. The van der Waals surface area contributed by atoms with E-state index in [9.17, 15) is 0 Å². The summed E-state index contributed by atoms with van der Waals surface area (Å²) >= 11 is 0. The van der Waals surface area contributed by atoms with Gasteiger partial charge >= 0.3 is 0 Å². The highest BCUT2D eigenvalue weighted by Crippen LogP contribution is 2.36. The first kappa shape index (κ1) is 12.5. The normalized spacial score (nSPS) is 17.0. The quantitative estimate of drug-likeness (QED) is 0.790. The van der Waals surface area contributed by atoms with Crippen LogP contribution in [0.15, 0.2) is 33.2 Å². The molecule has 108 valence electrons. The maximum Gasteiger partial charge on any atom is 0.227 e. The molecular weight excluding hydrogens is 268 g/mol. The van der Waals surface area contributed by atoms with Gasteiger partial charge in [-0.2, -0.15) is 4.98 Å². The van der Waals surface area contributed by atoms with E-state index in [4.69, 9.17) is 14.7 Å². The van der Waals surface area contributed by atoms with Crippen LogP contribution in [-0.4, -0.2) is 15.1 Å². The summed E-state index contributed by atoms with van der Waals surface area (Å²) in [6, 6.07) is 7.71. The van der Waals surface area contributed by atoms with Gasteiger partial charge in [0.25, 0.3) is 0 Å². The third-order valence-electron chi connectivity index (χ3n) is 4.05. The summed E-state index contributed by atoms with van der Waals surface area (Å²) in [7, 11) is 0. The van der Waals surface area contributed by atoms with Crippen LogP contribution in [0.25, 0.3) is 11.1 Å². The third-order valence-corrected chi connectivity index (χ3v) is 4.05. The van der Waals surface area contributed by atoms with Gasteiger partial charge in [-0.05, 0) is 31.4 Å². The van der Waals surface area contributed by atoms with Crippen molar-refractivity contribution in [3.63, 3.8) is 0 Å². The molecule has 0 saturated heterocycles. The number of nitrogens with zero attached hydrogens (tertiary/aromatic N) is 3. The van der Waals surface area contributed by atoms with Crippen molar-refractivity contribution in [2.45, 2.75) is 37.6 Å². The molecule has 1 aliphatic carbocycles. The largest absolute Gasteiger partial charge is 0.441 e. The Kier molecular flexibility index (Phi) is 2.78. The molecule has 1 aliphatic rings. The van der Waals surface area contributed by atoms with Gasteiger partial charge in [-0.3, -0.25) is 0 Å². The second kappa shape index (κ2) is 4.66. The molecule has 2 N–H and O–H groups in total. The fourth-order valence-electron chi connectivity index (χ4n) is 2.58. The van der Waals surface area contributed by atoms with Crippen molar-refractivity contribution < 1.29 is 8.94 Å². The summed E-state index contributed by atoms with van der Waals surface area (Å²) in [6.45, 7) is 0. The van der Waals surface area contributed by atoms with Gasteiger partial charge < -0.3 is 14.7 Å². The summed E-state index contributed by atoms with van der Waals surface area (Å²) in [5, 5.41) is 4.00. The molecule has 1 fully saturated rings. The van der Waals surface area contributed by atoms with Gasteiger partial charge in [0.2, 0.25) is 5.89 Å². The van der Waals surface area contributed by atoms with Crippen molar-refractivity contribution in [2.75, 3.05) is 0 Å². The molecule has 0 spiro atoms. The number of nitrogens with two attached hydrogens (primary N) is 1. The Balaban J connectivity index is 1.46. The Hall–Kier alpha value is -2.21. The Labute approximate surface area is 121 Å². The van der Waals surface area contributed by atoms with Crippen molar-refractivity contribution in [1.29, 1.82) is 0 Å². The molecule has 0 unspecified atom stereocenters. The van der Waals surface area contributed by atoms with Crippen molar-refractivity contribution in [2.24, 2.45) is 5.73 Å². The highest BCUT2D eigenvalue weighted by atomic mass is 16.5. The number of para-hydroxylation sites is 2. The molecule has 0 atom stereocenters. The molecule has 4 rings (SSSR count). The van der Waals surface area contributed by atoms with E-state index in [2.05, 4.69) is 15.1 Å². The predicted octanol–water partition coefficient (Wildman–Crippen LogP) is 2.33.